The van der Waals surface area contributed by atoms with Gasteiger partial charge in [0.15, 0.2) is 22.4 Å². The van der Waals surface area contributed by atoms with E-state index >= 15 is 0 Å². The van der Waals surface area contributed by atoms with Gasteiger partial charge in [0.1, 0.15) is 35.8 Å². The highest BCUT2D eigenvalue weighted by molar-refractivity contribution is 7.14. The molecule has 2 atom stereocenters. The SMILES string of the molecule is CC(C)(C)OC(=O)Nc1nc(/C(=N/OC(C)(C)C(=O)OC(C)(C)C)C(=O)C[C@@H]2C(=O)N[C@@H]2CNC(=O)c2ccnc(-c3cc(OCc4ccccc4)c(OCc4ccccc4)c[n+]3[O-])n2)cs1. The molecule has 0 bridgehead atoms. The maximum Gasteiger partial charge on any atom is 0.413 e. The molecule has 5 aromatic rings. The van der Waals surface area contributed by atoms with Gasteiger partial charge in [0.25, 0.3) is 11.6 Å². The number of pyridine rings is 1. The normalized spacial score (nSPS) is 15.0. The van der Waals surface area contributed by atoms with E-state index in [-0.39, 0.29) is 65.0 Å². The van der Waals surface area contributed by atoms with Crippen LogP contribution in [-0.2, 0) is 41.9 Å². The lowest BCUT2D eigenvalue weighted by Crippen LogP contribution is -2.63. The number of β-lactam (4-membered cyclic amide) rings is 1. The van der Waals surface area contributed by atoms with Crippen molar-refractivity contribution >= 4 is 51.8 Å². The number of ketones is 1. The largest absolute Gasteiger partial charge is 0.618 e. The van der Waals surface area contributed by atoms with Gasteiger partial charge in [-0.15, -0.1) is 11.3 Å². The molecule has 3 N–H and O–H groups in total. The van der Waals surface area contributed by atoms with Crippen molar-refractivity contribution in [2.75, 3.05) is 11.9 Å². The smallest absolute Gasteiger partial charge is 0.413 e. The zero-order valence-corrected chi connectivity index (χ0v) is 39.1. The predicted octanol–water partition coefficient (Wildman–Crippen LogP) is 6.08. The summed E-state index contributed by atoms with van der Waals surface area (Å²) in [4.78, 5) is 84.4. The van der Waals surface area contributed by atoms with Crippen LogP contribution in [0.4, 0.5) is 9.93 Å². The average molecular weight is 937 g/mol. The van der Waals surface area contributed by atoms with Crippen molar-refractivity contribution < 1.29 is 52.5 Å². The zero-order chi connectivity index (χ0) is 48.5. The first-order valence-corrected chi connectivity index (χ1v) is 22.0. The number of rotatable bonds is 18. The summed E-state index contributed by atoms with van der Waals surface area (Å²) in [5.74, 6) is -3.10. The van der Waals surface area contributed by atoms with Crippen LogP contribution in [0.3, 0.4) is 0 Å². The van der Waals surface area contributed by atoms with E-state index in [2.05, 4.69) is 36.1 Å². The second-order valence-electron chi connectivity index (χ2n) is 17.8. The van der Waals surface area contributed by atoms with Gasteiger partial charge in [-0.05, 0) is 72.6 Å². The lowest BCUT2D eigenvalue weighted by Gasteiger charge is -2.36. The summed E-state index contributed by atoms with van der Waals surface area (Å²) in [6.07, 6.45) is 1.37. The number of hydrogen-bond donors (Lipinski definition) is 3. The molecular weight excluding hydrogens is 885 g/mol. The van der Waals surface area contributed by atoms with Crippen LogP contribution in [0.15, 0.2) is 95.7 Å². The number of hydrogen-bond acceptors (Lipinski definition) is 16. The quantitative estimate of drug-likeness (QED) is 0.0225. The third-order valence-electron chi connectivity index (χ3n) is 9.49. The van der Waals surface area contributed by atoms with Crippen molar-refractivity contribution in [3.63, 3.8) is 0 Å². The molecule has 3 aromatic heterocycles. The Kier molecular flexibility index (Phi) is 15.2. The van der Waals surface area contributed by atoms with Gasteiger partial charge in [0, 0.05) is 24.5 Å². The number of carbonyl (C=O) groups excluding carboxylic acids is 5. The zero-order valence-electron chi connectivity index (χ0n) is 38.3. The molecule has 0 unspecified atom stereocenters. The number of esters is 1. The van der Waals surface area contributed by atoms with Crippen molar-refractivity contribution in [1.82, 2.24) is 25.6 Å². The summed E-state index contributed by atoms with van der Waals surface area (Å²) in [6.45, 7) is 13.2. The van der Waals surface area contributed by atoms with E-state index in [9.17, 15) is 29.2 Å². The number of anilines is 1. The van der Waals surface area contributed by atoms with E-state index in [1.807, 2.05) is 60.7 Å². The fourth-order valence-electron chi connectivity index (χ4n) is 6.13. The molecule has 4 heterocycles. The van der Waals surface area contributed by atoms with Gasteiger partial charge in [-0.3, -0.25) is 19.7 Å². The van der Waals surface area contributed by atoms with Crippen molar-refractivity contribution in [1.29, 1.82) is 0 Å². The minimum Gasteiger partial charge on any atom is -0.618 e. The van der Waals surface area contributed by atoms with Crippen LogP contribution in [0.25, 0.3) is 11.5 Å². The van der Waals surface area contributed by atoms with Gasteiger partial charge in [-0.25, -0.2) is 24.5 Å². The number of Topliss-reactive ketones (excluding diaryl/α,β-unsaturated/α-hetero) is 1. The van der Waals surface area contributed by atoms with Gasteiger partial charge < -0.3 is 39.6 Å². The van der Waals surface area contributed by atoms with Crippen LogP contribution >= 0.6 is 11.3 Å². The van der Waals surface area contributed by atoms with Gasteiger partial charge in [-0.2, -0.15) is 4.73 Å². The van der Waals surface area contributed by atoms with Gasteiger partial charge in [0.2, 0.25) is 29.3 Å². The molecule has 0 saturated carbocycles. The fraction of sp³-hybridized carbons (Fsp3) is 0.362. The second-order valence-corrected chi connectivity index (χ2v) is 18.7. The molecule has 3 amide bonds. The van der Waals surface area contributed by atoms with E-state index in [1.54, 1.807) is 41.5 Å². The molecule has 2 aromatic carbocycles. The average Bonchev–Trinajstić information content (AvgIpc) is 3.72. The van der Waals surface area contributed by atoms with Crippen LogP contribution in [0.5, 0.6) is 11.5 Å². The molecule has 0 aliphatic carbocycles. The van der Waals surface area contributed by atoms with E-state index < -0.39 is 64.8 Å². The summed E-state index contributed by atoms with van der Waals surface area (Å²) in [5.41, 5.74) is -1.97. The number of nitrogens with zero attached hydrogens (tertiary/aromatic N) is 5. The van der Waals surface area contributed by atoms with Crippen LogP contribution < -0.4 is 30.2 Å². The first kappa shape index (κ1) is 49.0. The molecule has 1 aliphatic heterocycles. The predicted molar refractivity (Wildman–Crippen MR) is 245 cm³/mol. The molecule has 67 heavy (non-hydrogen) atoms. The molecule has 0 radical (unpaired) electrons. The Morgan fingerprint density at radius 2 is 1.46 bits per heavy atom. The highest BCUT2D eigenvalue weighted by atomic mass is 32.1. The standard InChI is InChI=1S/C47H52N8O11S/c1-45(2,3)64-42(59)47(7,8)66-54-38(33-27-67-43(52-33)53-44(60)65-46(4,5)6)35(56)21-30-32(51-40(30)57)23-49-41(58)31-19-20-48-39(50-31)34-22-36(62-25-28-15-11-9-12-16-28)37(24-55(34)61)63-26-29-17-13-10-14-18-29/h9-20,22,24,27,30,32H,21,23,25-26H2,1-8H3,(H,49,58)(H,51,57)(H,52,53,60)/b54-38-/t30-,32+/m0/s1. The van der Waals surface area contributed by atoms with Crippen molar-refractivity contribution in [2.45, 2.75) is 97.9 Å². The van der Waals surface area contributed by atoms with E-state index in [0.29, 0.717) is 4.73 Å². The summed E-state index contributed by atoms with van der Waals surface area (Å²) in [6, 6.07) is 21.0. The molecule has 19 nitrogen and oxygen atoms in total. The Bertz CT molecular complexity index is 2630. The monoisotopic (exact) mass is 936 g/mol. The number of nitrogens with one attached hydrogen (secondary N) is 3. The molecule has 6 rings (SSSR count). The van der Waals surface area contributed by atoms with Crippen molar-refractivity contribution in [3.05, 3.63) is 118 Å². The molecule has 1 saturated heterocycles. The summed E-state index contributed by atoms with van der Waals surface area (Å²) >= 11 is 0.979. The first-order chi connectivity index (χ1) is 31.6. The minimum absolute atomic E-state index is 0.00572. The summed E-state index contributed by atoms with van der Waals surface area (Å²) < 4.78 is 23.4. The van der Waals surface area contributed by atoms with Crippen LogP contribution in [0.1, 0.15) is 89.1 Å². The lowest BCUT2D eigenvalue weighted by molar-refractivity contribution is -0.594. The Balaban J connectivity index is 1.15. The number of benzene rings is 2. The fourth-order valence-corrected chi connectivity index (χ4v) is 6.81. The van der Waals surface area contributed by atoms with E-state index in [1.165, 1.54) is 43.8 Å². The number of amides is 3. The molecular formula is C47H52N8O11S. The Hall–Kier alpha value is -7.48. The number of aromatic nitrogens is 4. The van der Waals surface area contributed by atoms with E-state index in [0.717, 1.165) is 22.5 Å². The molecule has 352 valence electrons. The molecule has 1 aliphatic rings. The Morgan fingerprint density at radius 3 is 2.07 bits per heavy atom. The second kappa shape index (κ2) is 20.8. The maximum atomic E-state index is 14.0. The lowest BCUT2D eigenvalue weighted by atomic mass is 9.84. The topological polar surface area (TPSA) is 246 Å². The van der Waals surface area contributed by atoms with Gasteiger partial charge >= 0.3 is 12.1 Å². The number of oxime groups is 1. The highest BCUT2D eigenvalue weighted by Crippen LogP contribution is 2.31. The summed E-state index contributed by atoms with van der Waals surface area (Å²) in [7, 11) is 0. The molecule has 1 fully saturated rings. The minimum atomic E-state index is -1.65. The van der Waals surface area contributed by atoms with E-state index in [4.69, 9.17) is 23.8 Å². The van der Waals surface area contributed by atoms with Crippen molar-refractivity contribution in [3.8, 4) is 23.0 Å². The summed E-state index contributed by atoms with van der Waals surface area (Å²) in [5, 5.41) is 27.0. The van der Waals surface area contributed by atoms with Gasteiger partial charge in [-0.1, -0.05) is 65.8 Å². The Morgan fingerprint density at radius 1 is 0.836 bits per heavy atom. The van der Waals surface area contributed by atoms with Gasteiger partial charge in [0.05, 0.1) is 18.0 Å². The highest BCUT2D eigenvalue weighted by Gasteiger charge is 2.42. The third-order valence-corrected chi connectivity index (χ3v) is 10.2. The van der Waals surface area contributed by atoms with Crippen LogP contribution in [0, 0.1) is 11.1 Å². The maximum absolute atomic E-state index is 14.0. The Labute approximate surface area is 390 Å². The molecule has 0 spiro atoms. The van der Waals surface area contributed by atoms with Crippen LogP contribution in [-0.4, -0.2) is 79.7 Å². The van der Waals surface area contributed by atoms with Crippen LogP contribution in [0.2, 0.25) is 0 Å². The first-order valence-electron chi connectivity index (χ1n) is 21.2. The molecule has 20 heteroatoms. The van der Waals surface area contributed by atoms with Crippen molar-refractivity contribution in [2.24, 2.45) is 11.1 Å². The number of carbonyl (C=O) groups is 5. The number of ether oxygens (including phenoxy) is 4. The number of thiazole rings is 1. The third kappa shape index (κ3) is 13.8.